The van der Waals surface area contributed by atoms with Gasteiger partial charge in [0, 0.05) is 51.2 Å². The van der Waals surface area contributed by atoms with Gasteiger partial charge in [-0.05, 0) is 49.4 Å². The highest BCUT2D eigenvalue weighted by Gasteiger charge is 2.25. The first-order chi connectivity index (χ1) is 16.6. The number of aromatic nitrogens is 3. The number of carbonyl (C=O) groups excluding carboxylic acids is 1. The fourth-order valence-electron chi connectivity index (χ4n) is 5.12. The van der Waals surface area contributed by atoms with Crippen molar-refractivity contribution in [3.05, 3.63) is 47.7 Å². The minimum Gasteiger partial charge on any atom is -0.508 e. The van der Waals surface area contributed by atoms with E-state index in [9.17, 15) is 9.90 Å². The molecule has 0 spiro atoms. The molecule has 0 radical (unpaired) electrons. The molecular weight excluding hydrogens is 428 g/mol. The summed E-state index contributed by atoms with van der Waals surface area (Å²) in [5, 5.41) is 18.0. The lowest BCUT2D eigenvalue weighted by molar-refractivity contribution is 0.0909. The number of pyridine rings is 1. The molecule has 3 aromatic rings. The largest absolute Gasteiger partial charge is 0.508 e. The van der Waals surface area contributed by atoms with Crippen molar-refractivity contribution < 1.29 is 9.90 Å². The number of nitrogens with one attached hydrogen (secondary N) is 1. The second kappa shape index (κ2) is 10.0. The molecule has 5 rings (SSSR count). The molecule has 2 aromatic heterocycles. The SMILES string of the molecule is Cn1ncc2cc(C(=O)NC3CCN(Cc4ccc(O)cc4)CC3)c(N3CCCCCC3)nc21. The fraction of sp³-hybridized carbons (Fsp3) is 0.500. The van der Waals surface area contributed by atoms with Crippen LogP contribution in [0.25, 0.3) is 11.0 Å². The van der Waals surface area contributed by atoms with Gasteiger partial charge in [0.05, 0.1) is 11.8 Å². The molecule has 2 aliphatic rings. The third kappa shape index (κ3) is 5.01. The first-order valence-electron chi connectivity index (χ1n) is 12.5. The van der Waals surface area contributed by atoms with Crippen LogP contribution in [-0.2, 0) is 13.6 Å². The molecule has 0 atom stereocenters. The Morgan fingerprint density at radius 2 is 1.76 bits per heavy atom. The number of aryl methyl sites for hydroxylation is 1. The average Bonchev–Trinajstić information content (AvgIpc) is 3.03. The number of phenols is 1. The van der Waals surface area contributed by atoms with Crippen molar-refractivity contribution in [1.29, 1.82) is 0 Å². The third-order valence-corrected chi connectivity index (χ3v) is 7.10. The molecule has 2 N–H and O–H groups in total. The minimum atomic E-state index is -0.0329. The second-order valence-electron chi connectivity index (χ2n) is 9.63. The molecule has 2 saturated heterocycles. The van der Waals surface area contributed by atoms with Gasteiger partial charge < -0.3 is 15.3 Å². The van der Waals surface area contributed by atoms with E-state index in [1.807, 2.05) is 25.2 Å². The normalized spacial score (nSPS) is 18.2. The van der Waals surface area contributed by atoms with Crippen molar-refractivity contribution in [3.63, 3.8) is 0 Å². The maximum Gasteiger partial charge on any atom is 0.255 e. The lowest BCUT2D eigenvalue weighted by Crippen LogP contribution is -2.44. The third-order valence-electron chi connectivity index (χ3n) is 7.10. The van der Waals surface area contributed by atoms with E-state index in [0.717, 1.165) is 75.3 Å². The van der Waals surface area contributed by atoms with Crippen LogP contribution in [0.4, 0.5) is 5.82 Å². The predicted molar refractivity (Wildman–Crippen MR) is 133 cm³/mol. The molecule has 0 unspecified atom stereocenters. The van der Waals surface area contributed by atoms with E-state index in [1.54, 1.807) is 23.0 Å². The molecule has 0 saturated carbocycles. The van der Waals surface area contributed by atoms with Crippen LogP contribution < -0.4 is 10.2 Å². The smallest absolute Gasteiger partial charge is 0.255 e. The Hall–Kier alpha value is -3.13. The molecule has 0 bridgehead atoms. The highest BCUT2D eigenvalue weighted by molar-refractivity contribution is 6.02. The lowest BCUT2D eigenvalue weighted by Gasteiger charge is -2.32. The van der Waals surface area contributed by atoms with E-state index in [2.05, 4.69) is 20.2 Å². The predicted octanol–water partition coefficient (Wildman–Crippen LogP) is 3.45. The van der Waals surface area contributed by atoms with Crippen molar-refractivity contribution in [2.45, 2.75) is 51.1 Å². The van der Waals surface area contributed by atoms with Crippen molar-refractivity contribution in [1.82, 2.24) is 25.0 Å². The number of benzene rings is 1. The minimum absolute atomic E-state index is 0.0329. The zero-order valence-electron chi connectivity index (χ0n) is 19.9. The molecule has 8 heteroatoms. The van der Waals surface area contributed by atoms with Gasteiger partial charge in [0.2, 0.25) is 0 Å². The quantitative estimate of drug-likeness (QED) is 0.604. The summed E-state index contributed by atoms with van der Waals surface area (Å²) in [7, 11) is 1.90. The zero-order chi connectivity index (χ0) is 23.5. The van der Waals surface area contributed by atoms with Gasteiger partial charge in [-0.15, -0.1) is 0 Å². The summed E-state index contributed by atoms with van der Waals surface area (Å²) in [6.07, 6.45) is 8.35. The van der Waals surface area contributed by atoms with Crippen LogP contribution in [0.3, 0.4) is 0 Å². The number of likely N-dealkylation sites (tertiary alicyclic amines) is 1. The highest BCUT2D eigenvalue weighted by atomic mass is 16.3. The molecule has 1 aromatic carbocycles. The van der Waals surface area contributed by atoms with Crippen molar-refractivity contribution in [3.8, 4) is 5.75 Å². The number of piperidine rings is 1. The number of hydrogen-bond donors (Lipinski definition) is 2. The van der Waals surface area contributed by atoms with E-state index in [1.165, 1.54) is 18.4 Å². The molecule has 2 fully saturated rings. The molecule has 1 amide bonds. The summed E-state index contributed by atoms with van der Waals surface area (Å²) < 4.78 is 1.78. The lowest BCUT2D eigenvalue weighted by atomic mass is 10.0. The molecule has 2 aliphatic heterocycles. The van der Waals surface area contributed by atoms with Crippen LogP contribution in [0.2, 0.25) is 0 Å². The Balaban J connectivity index is 1.27. The van der Waals surface area contributed by atoms with E-state index in [0.29, 0.717) is 11.3 Å². The summed E-state index contributed by atoms with van der Waals surface area (Å²) in [6.45, 7) is 4.61. The standard InChI is InChI=1S/C26H34N6O2/c1-30-24-20(17-27-30)16-23(25(29-24)32-12-4-2-3-5-13-32)26(34)28-21-10-14-31(15-11-21)18-19-6-8-22(33)9-7-19/h6-9,16-17,21,33H,2-5,10-15,18H2,1H3,(H,28,34). The maximum atomic E-state index is 13.5. The number of anilines is 1. The zero-order valence-corrected chi connectivity index (χ0v) is 19.9. The van der Waals surface area contributed by atoms with Crippen molar-refractivity contribution >= 4 is 22.8 Å². The maximum absolute atomic E-state index is 13.5. The van der Waals surface area contributed by atoms with E-state index in [4.69, 9.17) is 4.98 Å². The molecule has 34 heavy (non-hydrogen) atoms. The number of fused-ring (bicyclic) bond motifs is 1. The van der Waals surface area contributed by atoms with Crippen LogP contribution >= 0.6 is 0 Å². The number of aromatic hydroxyl groups is 1. The second-order valence-corrected chi connectivity index (χ2v) is 9.63. The van der Waals surface area contributed by atoms with Crippen LogP contribution in [0.1, 0.15) is 54.4 Å². The number of hydrogen-bond acceptors (Lipinski definition) is 6. The fourth-order valence-corrected chi connectivity index (χ4v) is 5.12. The molecule has 0 aliphatic carbocycles. The van der Waals surface area contributed by atoms with Crippen LogP contribution in [0.15, 0.2) is 36.5 Å². The van der Waals surface area contributed by atoms with Gasteiger partial charge in [-0.25, -0.2) is 4.98 Å². The molecular formula is C26H34N6O2. The number of rotatable bonds is 5. The Morgan fingerprint density at radius 3 is 2.47 bits per heavy atom. The number of amides is 1. The van der Waals surface area contributed by atoms with E-state index < -0.39 is 0 Å². The van der Waals surface area contributed by atoms with Gasteiger partial charge in [0.25, 0.3) is 5.91 Å². The van der Waals surface area contributed by atoms with Gasteiger partial charge in [-0.1, -0.05) is 25.0 Å². The van der Waals surface area contributed by atoms with Gasteiger partial charge >= 0.3 is 0 Å². The summed E-state index contributed by atoms with van der Waals surface area (Å²) in [5.41, 5.74) is 2.67. The van der Waals surface area contributed by atoms with Gasteiger partial charge in [-0.3, -0.25) is 14.4 Å². The van der Waals surface area contributed by atoms with Gasteiger partial charge in [-0.2, -0.15) is 5.10 Å². The highest BCUT2D eigenvalue weighted by Crippen LogP contribution is 2.26. The first kappa shape index (κ1) is 22.7. The number of carbonyl (C=O) groups is 1. The van der Waals surface area contributed by atoms with Crippen molar-refractivity contribution in [2.75, 3.05) is 31.1 Å². The Morgan fingerprint density at radius 1 is 1.06 bits per heavy atom. The van der Waals surface area contributed by atoms with E-state index >= 15 is 0 Å². The number of nitrogens with zero attached hydrogens (tertiary/aromatic N) is 5. The summed E-state index contributed by atoms with van der Waals surface area (Å²) in [6, 6.07) is 9.52. The van der Waals surface area contributed by atoms with Crippen LogP contribution in [0, 0.1) is 0 Å². The average molecular weight is 463 g/mol. The summed E-state index contributed by atoms with van der Waals surface area (Å²) in [4.78, 5) is 23.1. The van der Waals surface area contributed by atoms with Crippen molar-refractivity contribution in [2.24, 2.45) is 7.05 Å². The monoisotopic (exact) mass is 462 g/mol. The number of phenolic OH excluding ortho intramolecular Hbond substituents is 1. The topological polar surface area (TPSA) is 86.5 Å². The summed E-state index contributed by atoms with van der Waals surface area (Å²) >= 11 is 0. The van der Waals surface area contributed by atoms with Gasteiger partial charge in [0.15, 0.2) is 5.65 Å². The Bertz CT molecular complexity index is 1130. The molecule has 180 valence electrons. The summed E-state index contributed by atoms with van der Waals surface area (Å²) in [5.74, 6) is 1.05. The van der Waals surface area contributed by atoms with E-state index in [-0.39, 0.29) is 11.9 Å². The van der Waals surface area contributed by atoms with Crippen LogP contribution in [-0.4, -0.2) is 62.9 Å². The van der Waals surface area contributed by atoms with Gasteiger partial charge in [0.1, 0.15) is 11.6 Å². The first-order valence-corrected chi connectivity index (χ1v) is 12.5. The molecule has 4 heterocycles. The van der Waals surface area contributed by atoms with Crippen LogP contribution in [0.5, 0.6) is 5.75 Å². The Kier molecular flexibility index (Phi) is 6.67. The Labute approximate surface area is 200 Å². The molecule has 8 nitrogen and oxygen atoms in total.